The summed E-state index contributed by atoms with van der Waals surface area (Å²) < 4.78 is 50.9. The van der Waals surface area contributed by atoms with Gasteiger partial charge in [-0.05, 0) is 6.07 Å². The predicted molar refractivity (Wildman–Crippen MR) is 99.2 cm³/mol. The number of hydrogen-bond acceptors (Lipinski definition) is 7. The number of alkyl halides is 3. The molecule has 1 amide bonds. The van der Waals surface area contributed by atoms with E-state index >= 15 is 0 Å². The molecule has 0 N–H and O–H groups in total. The van der Waals surface area contributed by atoms with Gasteiger partial charge in [0, 0.05) is 25.9 Å². The molecule has 4 rings (SSSR count). The maximum absolute atomic E-state index is 13.4. The van der Waals surface area contributed by atoms with E-state index in [-0.39, 0.29) is 6.10 Å². The number of nitrogens with zero attached hydrogens (tertiary/aromatic N) is 5. The lowest BCUT2D eigenvalue weighted by Crippen LogP contribution is -2.33. The zero-order valence-corrected chi connectivity index (χ0v) is 16.2. The predicted octanol–water partition coefficient (Wildman–Crippen LogP) is 2.07. The van der Waals surface area contributed by atoms with E-state index in [4.69, 9.17) is 9.47 Å². The van der Waals surface area contributed by atoms with Crippen molar-refractivity contribution in [2.24, 2.45) is 0 Å². The third-order valence-electron chi connectivity index (χ3n) is 5.27. The molecule has 0 aromatic carbocycles. The van der Waals surface area contributed by atoms with Gasteiger partial charge in [-0.2, -0.15) is 13.2 Å². The summed E-state index contributed by atoms with van der Waals surface area (Å²) in [6.45, 7) is 1.87. The average Bonchev–Trinajstić information content (AvgIpc) is 3.20. The van der Waals surface area contributed by atoms with Crippen LogP contribution in [0.4, 0.5) is 18.9 Å². The fourth-order valence-electron chi connectivity index (χ4n) is 3.72. The van der Waals surface area contributed by atoms with Gasteiger partial charge in [-0.1, -0.05) is 0 Å². The van der Waals surface area contributed by atoms with Crippen molar-refractivity contribution in [3.05, 3.63) is 35.4 Å². The minimum Gasteiger partial charge on any atom is -0.481 e. The van der Waals surface area contributed by atoms with Gasteiger partial charge < -0.3 is 19.3 Å². The summed E-state index contributed by atoms with van der Waals surface area (Å²) >= 11 is 0. The number of amides is 1. The Morgan fingerprint density at radius 3 is 2.73 bits per heavy atom. The summed E-state index contributed by atoms with van der Waals surface area (Å²) in [6.07, 6.45) is 0.0478. The van der Waals surface area contributed by atoms with E-state index < -0.39 is 17.6 Å². The zero-order valence-electron chi connectivity index (χ0n) is 16.2. The third kappa shape index (κ3) is 3.96. The van der Waals surface area contributed by atoms with Crippen LogP contribution in [0, 0.1) is 0 Å². The van der Waals surface area contributed by atoms with Crippen molar-refractivity contribution in [3.8, 4) is 11.8 Å². The lowest BCUT2D eigenvalue weighted by Gasteiger charge is -2.31. The number of fused-ring (bicyclic) bond motifs is 1. The molecule has 1 atom stereocenters. The molecule has 1 saturated heterocycles. The van der Waals surface area contributed by atoms with Gasteiger partial charge >= 0.3 is 6.18 Å². The Morgan fingerprint density at radius 2 is 2.03 bits per heavy atom. The number of carbonyl (C=O) groups excluding carboxylic acids is 1. The highest BCUT2D eigenvalue weighted by molar-refractivity contribution is 5.53. The molecule has 160 valence electrons. The summed E-state index contributed by atoms with van der Waals surface area (Å²) in [5, 5.41) is 0. The second-order valence-electron chi connectivity index (χ2n) is 7.15. The van der Waals surface area contributed by atoms with Crippen LogP contribution in [0.15, 0.2) is 18.6 Å². The van der Waals surface area contributed by atoms with E-state index in [2.05, 4.69) is 15.0 Å². The number of methoxy groups -OCH3 is 1. The first-order chi connectivity index (χ1) is 14.4. The maximum atomic E-state index is 13.4. The lowest BCUT2D eigenvalue weighted by atomic mass is 10.1. The average molecular weight is 423 g/mol. The smallest absolute Gasteiger partial charge is 0.421 e. The minimum absolute atomic E-state index is 0.177. The molecule has 1 fully saturated rings. The highest BCUT2D eigenvalue weighted by Crippen LogP contribution is 2.38. The van der Waals surface area contributed by atoms with Crippen molar-refractivity contribution in [1.29, 1.82) is 0 Å². The lowest BCUT2D eigenvalue weighted by molar-refractivity contribution is -0.139. The Bertz CT molecular complexity index is 940. The zero-order chi connectivity index (χ0) is 21.3. The molecule has 0 bridgehead atoms. The monoisotopic (exact) mass is 423 g/mol. The van der Waals surface area contributed by atoms with E-state index in [9.17, 15) is 18.0 Å². The Hall–Kier alpha value is -3.11. The van der Waals surface area contributed by atoms with Gasteiger partial charge in [0.1, 0.15) is 18.0 Å². The van der Waals surface area contributed by atoms with E-state index in [1.165, 1.54) is 12.5 Å². The molecule has 0 radical (unpaired) electrons. The first kappa shape index (κ1) is 20.2. The van der Waals surface area contributed by atoms with Crippen LogP contribution in [0.25, 0.3) is 0 Å². The van der Waals surface area contributed by atoms with Crippen LogP contribution in [0.1, 0.15) is 23.2 Å². The van der Waals surface area contributed by atoms with Crippen molar-refractivity contribution in [1.82, 2.24) is 19.9 Å². The first-order valence-corrected chi connectivity index (χ1v) is 9.44. The van der Waals surface area contributed by atoms with Crippen LogP contribution in [-0.4, -0.2) is 59.1 Å². The first-order valence-electron chi connectivity index (χ1n) is 9.44. The highest BCUT2D eigenvalue weighted by Gasteiger charge is 2.36. The van der Waals surface area contributed by atoms with E-state index in [0.29, 0.717) is 50.6 Å². The number of rotatable bonds is 5. The number of carbonyl (C=O) groups is 1. The number of aromatic nitrogens is 3. The number of anilines is 1. The number of halogens is 3. The fourth-order valence-corrected chi connectivity index (χ4v) is 3.72. The molecule has 0 aliphatic carbocycles. The molecule has 2 aromatic rings. The summed E-state index contributed by atoms with van der Waals surface area (Å²) in [5.41, 5.74) is 0.947. The van der Waals surface area contributed by atoms with Crippen molar-refractivity contribution in [2.75, 3.05) is 31.6 Å². The molecule has 0 spiro atoms. The molecule has 2 aliphatic rings. The minimum atomic E-state index is -4.58. The van der Waals surface area contributed by atoms with E-state index in [1.54, 1.807) is 9.80 Å². The molecule has 8 nitrogen and oxygen atoms in total. The van der Waals surface area contributed by atoms with E-state index in [0.717, 1.165) is 30.8 Å². The second kappa shape index (κ2) is 7.96. The molecule has 30 heavy (non-hydrogen) atoms. The summed E-state index contributed by atoms with van der Waals surface area (Å²) in [5.74, 6) is -0.0584. The van der Waals surface area contributed by atoms with Gasteiger partial charge in [-0.25, -0.2) is 15.0 Å². The van der Waals surface area contributed by atoms with Crippen LogP contribution < -0.4 is 14.4 Å². The SMILES string of the molecule is COc1ncc(N2CCc3ncnc(O[C@H]4CCN(C=O)C4)c3C2)cc1C(F)(F)F. The number of pyridine rings is 1. The van der Waals surface area contributed by atoms with Crippen LogP contribution >= 0.6 is 0 Å². The topological polar surface area (TPSA) is 80.7 Å². The van der Waals surface area contributed by atoms with Gasteiger partial charge in [-0.15, -0.1) is 0 Å². The molecule has 4 heterocycles. The molecule has 0 saturated carbocycles. The van der Waals surface area contributed by atoms with Crippen LogP contribution in [0.3, 0.4) is 0 Å². The molecular formula is C19H20F3N5O3. The molecule has 2 aliphatic heterocycles. The Morgan fingerprint density at radius 1 is 1.20 bits per heavy atom. The number of hydrogen-bond donors (Lipinski definition) is 0. The molecule has 11 heteroatoms. The van der Waals surface area contributed by atoms with Crippen LogP contribution in [0.2, 0.25) is 0 Å². The van der Waals surface area contributed by atoms with Crippen molar-refractivity contribution in [2.45, 2.75) is 31.7 Å². The Kier molecular flexibility index (Phi) is 5.35. The van der Waals surface area contributed by atoms with Crippen molar-refractivity contribution in [3.63, 3.8) is 0 Å². The fraction of sp³-hybridized carbons (Fsp3) is 0.474. The molecular weight excluding hydrogens is 403 g/mol. The van der Waals surface area contributed by atoms with Crippen LogP contribution in [0.5, 0.6) is 11.8 Å². The highest BCUT2D eigenvalue weighted by atomic mass is 19.4. The normalized spacial score (nSPS) is 18.9. The Labute approximate surface area is 170 Å². The van der Waals surface area contributed by atoms with Gasteiger partial charge in [0.2, 0.25) is 18.2 Å². The van der Waals surface area contributed by atoms with E-state index in [1.807, 2.05) is 0 Å². The summed E-state index contributed by atoms with van der Waals surface area (Å²) in [6, 6.07) is 1.04. The van der Waals surface area contributed by atoms with Gasteiger partial charge in [0.25, 0.3) is 0 Å². The molecule has 0 unspecified atom stereocenters. The van der Waals surface area contributed by atoms with Crippen molar-refractivity contribution < 1.29 is 27.4 Å². The second-order valence-corrected chi connectivity index (χ2v) is 7.15. The van der Waals surface area contributed by atoms with Gasteiger partial charge in [0.15, 0.2) is 0 Å². The third-order valence-corrected chi connectivity index (χ3v) is 5.27. The number of likely N-dealkylation sites (tertiary alicyclic amines) is 1. The van der Waals surface area contributed by atoms with Gasteiger partial charge in [0.05, 0.1) is 43.3 Å². The van der Waals surface area contributed by atoms with Crippen molar-refractivity contribution >= 4 is 12.1 Å². The number of ether oxygens (including phenoxy) is 2. The summed E-state index contributed by atoms with van der Waals surface area (Å²) in [4.78, 5) is 26.7. The van der Waals surface area contributed by atoms with Crippen LogP contribution in [-0.2, 0) is 23.9 Å². The largest absolute Gasteiger partial charge is 0.481 e. The summed E-state index contributed by atoms with van der Waals surface area (Å²) in [7, 11) is 1.16. The Balaban J connectivity index is 1.58. The quantitative estimate of drug-likeness (QED) is 0.681. The maximum Gasteiger partial charge on any atom is 0.421 e. The standard InChI is InChI=1S/C19H20F3N5O3/c1-29-18-15(19(20,21)22)6-12(7-23-18)27-5-3-16-14(9-27)17(25-10-24-16)30-13-2-4-26(8-13)11-28/h6-7,10-11,13H,2-5,8-9H2,1H3/t13-/m0/s1. The van der Waals surface area contributed by atoms with Gasteiger partial charge in [-0.3, -0.25) is 4.79 Å². The molecule has 2 aromatic heterocycles.